The number of nitrogens with zero attached hydrogens (tertiary/aromatic N) is 1. The molecule has 1 atom stereocenters. The first-order valence-corrected chi connectivity index (χ1v) is 11.4. The molecule has 2 saturated heterocycles. The van der Waals surface area contributed by atoms with Gasteiger partial charge in [-0.05, 0) is 48.7 Å². The molecule has 178 valence electrons. The highest BCUT2D eigenvalue weighted by Crippen LogP contribution is 2.33. The number of ether oxygens (including phenoxy) is 5. The van der Waals surface area contributed by atoms with Crippen molar-refractivity contribution in [1.82, 2.24) is 4.90 Å². The molecule has 1 amide bonds. The monoisotopic (exact) mass is 455 g/mol. The van der Waals surface area contributed by atoms with Crippen LogP contribution in [0.4, 0.5) is 0 Å². The van der Waals surface area contributed by atoms with E-state index in [2.05, 4.69) is 6.92 Å². The zero-order chi connectivity index (χ0) is 23.3. The average Bonchev–Trinajstić information content (AvgIpc) is 3.34. The van der Waals surface area contributed by atoms with E-state index in [0.717, 1.165) is 25.0 Å². The van der Waals surface area contributed by atoms with Crippen molar-refractivity contribution in [1.29, 1.82) is 0 Å². The maximum Gasteiger partial charge on any atom is 0.254 e. The fourth-order valence-corrected chi connectivity index (χ4v) is 4.13. The summed E-state index contributed by atoms with van der Waals surface area (Å²) in [6.45, 7) is 5.80. The molecule has 0 spiro atoms. The first-order chi connectivity index (χ1) is 16.0. The van der Waals surface area contributed by atoms with Gasteiger partial charge in [0.1, 0.15) is 5.75 Å². The van der Waals surface area contributed by atoms with Crippen LogP contribution in [-0.2, 0) is 16.0 Å². The number of hydrogen-bond donors (Lipinski definition) is 0. The highest BCUT2D eigenvalue weighted by Gasteiger charge is 2.34. The third-order valence-corrected chi connectivity index (χ3v) is 6.13. The van der Waals surface area contributed by atoms with Crippen molar-refractivity contribution < 1.29 is 28.5 Å². The molecule has 2 fully saturated rings. The maximum absolute atomic E-state index is 13.5. The highest BCUT2D eigenvalue weighted by atomic mass is 16.5. The fraction of sp³-hybridized carbons (Fsp3) is 0.500. The lowest BCUT2D eigenvalue weighted by molar-refractivity contribution is -0.120. The van der Waals surface area contributed by atoms with Crippen molar-refractivity contribution in [2.24, 2.45) is 5.41 Å². The Kier molecular flexibility index (Phi) is 7.40. The molecule has 0 bridgehead atoms. The van der Waals surface area contributed by atoms with Crippen molar-refractivity contribution >= 4 is 5.91 Å². The minimum atomic E-state index is -0.0539. The molecule has 0 aromatic heterocycles. The summed E-state index contributed by atoms with van der Waals surface area (Å²) in [4.78, 5) is 15.3. The Morgan fingerprint density at radius 2 is 1.97 bits per heavy atom. The van der Waals surface area contributed by atoms with Crippen LogP contribution in [-0.4, -0.2) is 64.1 Å². The molecule has 0 saturated carbocycles. The third-order valence-electron chi connectivity index (χ3n) is 6.13. The molecule has 7 heteroatoms. The van der Waals surface area contributed by atoms with Gasteiger partial charge in [-0.2, -0.15) is 0 Å². The normalized spacial score (nSPS) is 18.9. The molecule has 4 rings (SSSR count). The quantitative estimate of drug-likeness (QED) is 0.541. The molecular weight excluding hydrogens is 422 g/mol. The van der Waals surface area contributed by atoms with Gasteiger partial charge in [-0.25, -0.2) is 0 Å². The summed E-state index contributed by atoms with van der Waals surface area (Å²) in [6.07, 6.45) is 2.03. The van der Waals surface area contributed by atoms with E-state index in [-0.39, 0.29) is 17.4 Å². The van der Waals surface area contributed by atoms with E-state index in [9.17, 15) is 4.79 Å². The van der Waals surface area contributed by atoms with Gasteiger partial charge in [0.05, 0.1) is 40.1 Å². The van der Waals surface area contributed by atoms with Crippen LogP contribution in [0.15, 0.2) is 42.5 Å². The van der Waals surface area contributed by atoms with Gasteiger partial charge in [0, 0.05) is 30.7 Å². The summed E-state index contributed by atoms with van der Waals surface area (Å²) in [7, 11) is 3.23. The summed E-state index contributed by atoms with van der Waals surface area (Å²) in [5, 5.41) is 0. The zero-order valence-corrected chi connectivity index (χ0v) is 19.7. The van der Waals surface area contributed by atoms with Gasteiger partial charge in [0.2, 0.25) is 0 Å². The van der Waals surface area contributed by atoms with Gasteiger partial charge in [-0.3, -0.25) is 4.79 Å². The summed E-state index contributed by atoms with van der Waals surface area (Å²) in [6, 6.07) is 13.1. The SMILES string of the molecule is COc1cccc(C(=O)N(Cc2ccc(OC)c(OCC3(C)COC3)c2)C[C@@H]2CCCO2)c1. The standard InChI is InChI=1S/C26H33NO6/c1-26(16-31-17-26)18-33-24-12-19(9-10-23(24)30-3)14-27(15-22-8-5-11-32-22)25(28)20-6-4-7-21(13-20)29-2/h4,6-7,9-10,12-13,22H,5,8,11,14-18H2,1-3H3/t22-/m0/s1. The summed E-state index contributed by atoms with van der Waals surface area (Å²) in [5.74, 6) is 1.95. The molecule has 7 nitrogen and oxygen atoms in total. The van der Waals surface area contributed by atoms with E-state index in [1.165, 1.54) is 0 Å². The second-order valence-electron chi connectivity index (χ2n) is 9.13. The lowest BCUT2D eigenvalue weighted by Gasteiger charge is -2.37. The van der Waals surface area contributed by atoms with Crippen LogP contribution >= 0.6 is 0 Å². The van der Waals surface area contributed by atoms with Gasteiger partial charge < -0.3 is 28.6 Å². The molecule has 2 aliphatic heterocycles. The second kappa shape index (κ2) is 10.4. The van der Waals surface area contributed by atoms with Crippen LogP contribution in [0.3, 0.4) is 0 Å². The molecule has 33 heavy (non-hydrogen) atoms. The zero-order valence-electron chi connectivity index (χ0n) is 19.7. The fourth-order valence-electron chi connectivity index (χ4n) is 4.13. The predicted molar refractivity (Wildman–Crippen MR) is 124 cm³/mol. The summed E-state index contributed by atoms with van der Waals surface area (Å²) in [5.41, 5.74) is 1.58. The number of carbonyl (C=O) groups is 1. The molecule has 0 aliphatic carbocycles. The van der Waals surface area contributed by atoms with Crippen molar-refractivity contribution in [2.75, 3.05) is 47.2 Å². The van der Waals surface area contributed by atoms with Gasteiger partial charge >= 0.3 is 0 Å². The Morgan fingerprint density at radius 1 is 1.12 bits per heavy atom. The molecule has 2 heterocycles. The Bertz CT molecular complexity index is 952. The van der Waals surface area contributed by atoms with Crippen LogP contribution in [0.2, 0.25) is 0 Å². The number of hydrogen-bond acceptors (Lipinski definition) is 6. The van der Waals surface area contributed by atoms with Crippen LogP contribution in [0, 0.1) is 5.41 Å². The number of rotatable bonds is 10. The van der Waals surface area contributed by atoms with Crippen LogP contribution in [0.1, 0.15) is 35.7 Å². The Morgan fingerprint density at radius 3 is 2.64 bits per heavy atom. The van der Waals surface area contributed by atoms with E-state index in [1.54, 1.807) is 20.3 Å². The minimum absolute atomic E-state index is 0.0230. The van der Waals surface area contributed by atoms with Gasteiger partial charge in [0.25, 0.3) is 5.91 Å². The van der Waals surface area contributed by atoms with Crippen LogP contribution < -0.4 is 14.2 Å². The molecule has 2 aliphatic rings. The number of carbonyl (C=O) groups excluding carboxylic acids is 1. The van der Waals surface area contributed by atoms with Crippen molar-refractivity contribution in [3.8, 4) is 17.2 Å². The third kappa shape index (κ3) is 5.78. The predicted octanol–water partition coefficient (Wildman–Crippen LogP) is 3.94. The molecule has 0 N–H and O–H groups in total. The van der Waals surface area contributed by atoms with E-state index in [1.807, 2.05) is 41.3 Å². The maximum atomic E-state index is 13.5. The Hall–Kier alpha value is -2.77. The van der Waals surface area contributed by atoms with Gasteiger partial charge in [-0.1, -0.05) is 19.1 Å². The van der Waals surface area contributed by atoms with Gasteiger partial charge in [0.15, 0.2) is 11.5 Å². The molecule has 0 radical (unpaired) electrons. The molecule has 2 aromatic carbocycles. The topological polar surface area (TPSA) is 66.5 Å². The van der Waals surface area contributed by atoms with Crippen LogP contribution in [0.5, 0.6) is 17.2 Å². The van der Waals surface area contributed by atoms with Crippen molar-refractivity contribution in [3.05, 3.63) is 53.6 Å². The van der Waals surface area contributed by atoms with E-state index < -0.39 is 0 Å². The average molecular weight is 456 g/mol. The molecular formula is C26H33NO6. The molecule has 0 unspecified atom stereocenters. The van der Waals surface area contributed by atoms with Crippen LogP contribution in [0.25, 0.3) is 0 Å². The van der Waals surface area contributed by atoms with Crippen molar-refractivity contribution in [2.45, 2.75) is 32.4 Å². The molecule has 2 aromatic rings. The summed E-state index contributed by atoms with van der Waals surface area (Å²) < 4.78 is 28.1. The van der Waals surface area contributed by atoms with Crippen molar-refractivity contribution in [3.63, 3.8) is 0 Å². The Balaban J connectivity index is 1.54. The Labute approximate surface area is 195 Å². The lowest BCUT2D eigenvalue weighted by Crippen LogP contribution is -2.44. The van der Waals surface area contributed by atoms with E-state index >= 15 is 0 Å². The van der Waals surface area contributed by atoms with E-state index in [0.29, 0.717) is 55.7 Å². The first kappa shape index (κ1) is 23.4. The lowest BCUT2D eigenvalue weighted by atomic mass is 9.90. The first-order valence-electron chi connectivity index (χ1n) is 11.4. The second-order valence-corrected chi connectivity index (χ2v) is 9.13. The number of amides is 1. The summed E-state index contributed by atoms with van der Waals surface area (Å²) >= 11 is 0. The number of benzene rings is 2. The number of methoxy groups -OCH3 is 2. The van der Waals surface area contributed by atoms with E-state index in [4.69, 9.17) is 23.7 Å². The van der Waals surface area contributed by atoms with Gasteiger partial charge in [-0.15, -0.1) is 0 Å². The minimum Gasteiger partial charge on any atom is -0.497 e. The highest BCUT2D eigenvalue weighted by molar-refractivity contribution is 5.94. The smallest absolute Gasteiger partial charge is 0.254 e. The largest absolute Gasteiger partial charge is 0.497 e.